The quantitative estimate of drug-likeness (QED) is 0.882. The lowest BCUT2D eigenvalue weighted by Crippen LogP contribution is -2.23. The lowest BCUT2D eigenvalue weighted by atomic mass is 10.2. The highest BCUT2D eigenvalue weighted by Crippen LogP contribution is 2.24. The fourth-order valence-corrected chi connectivity index (χ4v) is 2.40. The number of carbonyl (C=O) groups excluding carboxylic acids is 2. The Labute approximate surface area is 128 Å². The molecule has 1 aromatic heterocycles. The van der Waals surface area contributed by atoms with Crippen molar-refractivity contribution in [2.45, 2.75) is 12.8 Å². The largest absolute Gasteiger partial charge is 0.465 e. The van der Waals surface area contributed by atoms with Gasteiger partial charge in [-0.25, -0.2) is 0 Å². The molecule has 1 aliphatic rings. The molecule has 22 heavy (non-hydrogen) atoms. The maximum absolute atomic E-state index is 11.9. The number of anilines is 2. The highest BCUT2D eigenvalue weighted by molar-refractivity contribution is 6.02. The molecule has 1 aliphatic heterocycles. The van der Waals surface area contributed by atoms with Crippen LogP contribution >= 0.6 is 0 Å². The normalized spacial score (nSPS) is 14.7. The monoisotopic (exact) mass is 296 g/mol. The van der Waals surface area contributed by atoms with Crippen molar-refractivity contribution < 1.29 is 14.0 Å². The van der Waals surface area contributed by atoms with Crippen LogP contribution in [0, 0.1) is 0 Å². The number of furan rings is 1. The molecule has 0 saturated carbocycles. The van der Waals surface area contributed by atoms with Gasteiger partial charge < -0.3 is 14.6 Å². The fraction of sp³-hybridized carbons (Fsp3) is 0.176. The number of hydrogen-bond acceptors (Lipinski definition) is 3. The van der Waals surface area contributed by atoms with E-state index in [1.54, 1.807) is 35.4 Å². The maximum atomic E-state index is 11.9. The van der Waals surface area contributed by atoms with Crippen LogP contribution < -0.4 is 10.2 Å². The standard InChI is InChI=1S/C17H16N2O3/c20-16(9-8-15-6-3-11-22-15)18-13-4-1-5-14(12-13)19-10-2-7-17(19)21/h1,3-6,8-9,11-12H,2,7,10H2,(H,18,20). The predicted octanol–water partition coefficient (Wildman–Crippen LogP) is 3.06. The lowest BCUT2D eigenvalue weighted by molar-refractivity contribution is -0.117. The van der Waals surface area contributed by atoms with Crippen molar-refractivity contribution in [3.05, 3.63) is 54.5 Å². The number of hydrogen-bond donors (Lipinski definition) is 1. The van der Waals surface area contributed by atoms with E-state index in [0.717, 1.165) is 18.7 Å². The molecule has 3 rings (SSSR count). The Morgan fingerprint density at radius 3 is 2.91 bits per heavy atom. The molecule has 1 aromatic carbocycles. The first kappa shape index (κ1) is 14.1. The van der Waals surface area contributed by atoms with Crippen LogP contribution in [0.2, 0.25) is 0 Å². The summed E-state index contributed by atoms with van der Waals surface area (Å²) in [6, 6.07) is 10.8. The van der Waals surface area contributed by atoms with Crippen LogP contribution in [0.4, 0.5) is 11.4 Å². The molecule has 2 aromatic rings. The van der Waals surface area contributed by atoms with E-state index >= 15 is 0 Å². The minimum atomic E-state index is -0.249. The van der Waals surface area contributed by atoms with Crippen molar-refractivity contribution in [1.29, 1.82) is 0 Å². The van der Waals surface area contributed by atoms with E-state index in [0.29, 0.717) is 17.9 Å². The van der Waals surface area contributed by atoms with Gasteiger partial charge in [-0.3, -0.25) is 9.59 Å². The summed E-state index contributed by atoms with van der Waals surface area (Å²) in [7, 11) is 0. The van der Waals surface area contributed by atoms with E-state index in [1.165, 1.54) is 6.08 Å². The molecule has 0 aliphatic carbocycles. The Kier molecular flexibility index (Phi) is 4.05. The zero-order valence-electron chi connectivity index (χ0n) is 12.0. The molecule has 0 unspecified atom stereocenters. The maximum Gasteiger partial charge on any atom is 0.248 e. The second kappa shape index (κ2) is 6.30. The van der Waals surface area contributed by atoms with Gasteiger partial charge in [-0.2, -0.15) is 0 Å². The van der Waals surface area contributed by atoms with Gasteiger partial charge >= 0.3 is 0 Å². The van der Waals surface area contributed by atoms with Gasteiger partial charge in [0.2, 0.25) is 11.8 Å². The third kappa shape index (κ3) is 3.25. The molecule has 1 saturated heterocycles. The molecule has 5 nitrogen and oxygen atoms in total. The van der Waals surface area contributed by atoms with Crippen LogP contribution in [0.15, 0.2) is 53.2 Å². The van der Waals surface area contributed by atoms with Crippen molar-refractivity contribution in [1.82, 2.24) is 0 Å². The summed E-state index contributed by atoms with van der Waals surface area (Å²) in [5.41, 5.74) is 1.47. The van der Waals surface area contributed by atoms with Gasteiger partial charge in [0.25, 0.3) is 0 Å². The van der Waals surface area contributed by atoms with E-state index in [9.17, 15) is 9.59 Å². The topological polar surface area (TPSA) is 62.6 Å². The Hall–Kier alpha value is -2.82. The highest BCUT2D eigenvalue weighted by atomic mass is 16.3. The Balaban J connectivity index is 1.67. The zero-order chi connectivity index (χ0) is 15.4. The van der Waals surface area contributed by atoms with Gasteiger partial charge in [0.1, 0.15) is 5.76 Å². The van der Waals surface area contributed by atoms with Crippen molar-refractivity contribution in [2.75, 3.05) is 16.8 Å². The lowest BCUT2D eigenvalue weighted by Gasteiger charge is -2.16. The summed E-state index contributed by atoms with van der Waals surface area (Å²) in [4.78, 5) is 25.4. The third-order valence-electron chi connectivity index (χ3n) is 3.44. The minimum Gasteiger partial charge on any atom is -0.465 e. The van der Waals surface area contributed by atoms with E-state index in [4.69, 9.17) is 4.42 Å². The summed E-state index contributed by atoms with van der Waals surface area (Å²) in [5, 5.41) is 2.78. The molecular weight excluding hydrogens is 280 g/mol. The number of nitrogens with zero attached hydrogens (tertiary/aromatic N) is 1. The summed E-state index contributed by atoms with van der Waals surface area (Å²) in [5.74, 6) is 0.494. The van der Waals surface area contributed by atoms with Crippen LogP contribution in [0.3, 0.4) is 0 Å². The molecule has 0 radical (unpaired) electrons. The molecular formula is C17H16N2O3. The molecule has 1 fully saturated rings. The van der Waals surface area contributed by atoms with Gasteiger partial charge in [-0.15, -0.1) is 0 Å². The van der Waals surface area contributed by atoms with E-state index in [1.807, 2.05) is 18.2 Å². The highest BCUT2D eigenvalue weighted by Gasteiger charge is 2.21. The van der Waals surface area contributed by atoms with Crippen LogP contribution in [0.25, 0.3) is 6.08 Å². The predicted molar refractivity (Wildman–Crippen MR) is 84.4 cm³/mol. The Bertz CT molecular complexity index is 704. The number of rotatable bonds is 4. The van der Waals surface area contributed by atoms with Gasteiger partial charge in [0, 0.05) is 30.4 Å². The molecule has 112 valence electrons. The smallest absolute Gasteiger partial charge is 0.248 e. The van der Waals surface area contributed by atoms with Gasteiger partial charge in [0.05, 0.1) is 6.26 Å². The van der Waals surface area contributed by atoms with Crippen LogP contribution in [0.1, 0.15) is 18.6 Å². The van der Waals surface area contributed by atoms with Gasteiger partial charge in [-0.05, 0) is 42.8 Å². The molecule has 0 atom stereocenters. The molecule has 0 bridgehead atoms. The van der Waals surface area contributed by atoms with Crippen molar-refractivity contribution in [3.63, 3.8) is 0 Å². The summed E-state index contributed by atoms with van der Waals surface area (Å²) < 4.78 is 5.12. The Morgan fingerprint density at radius 2 is 2.18 bits per heavy atom. The molecule has 2 heterocycles. The van der Waals surface area contributed by atoms with E-state index in [-0.39, 0.29) is 11.8 Å². The molecule has 5 heteroatoms. The average Bonchev–Trinajstić information content (AvgIpc) is 3.16. The van der Waals surface area contributed by atoms with Crippen molar-refractivity contribution in [3.8, 4) is 0 Å². The summed E-state index contributed by atoms with van der Waals surface area (Å²) in [6.45, 7) is 0.731. The number of nitrogens with one attached hydrogen (secondary N) is 1. The number of amides is 2. The average molecular weight is 296 g/mol. The van der Waals surface area contributed by atoms with Gasteiger partial charge in [-0.1, -0.05) is 6.07 Å². The van der Waals surface area contributed by atoms with Gasteiger partial charge in [0.15, 0.2) is 0 Å². The second-order valence-electron chi connectivity index (χ2n) is 5.04. The van der Waals surface area contributed by atoms with E-state index in [2.05, 4.69) is 5.32 Å². The second-order valence-corrected chi connectivity index (χ2v) is 5.04. The molecule has 0 spiro atoms. The van der Waals surface area contributed by atoms with Crippen LogP contribution in [-0.2, 0) is 9.59 Å². The molecule has 1 N–H and O–H groups in total. The summed E-state index contributed by atoms with van der Waals surface area (Å²) >= 11 is 0. The summed E-state index contributed by atoms with van der Waals surface area (Å²) in [6.07, 6.45) is 6.02. The minimum absolute atomic E-state index is 0.126. The van der Waals surface area contributed by atoms with Crippen LogP contribution in [-0.4, -0.2) is 18.4 Å². The molecule has 2 amide bonds. The number of benzene rings is 1. The first-order valence-corrected chi connectivity index (χ1v) is 7.15. The first-order valence-electron chi connectivity index (χ1n) is 7.15. The Morgan fingerprint density at radius 1 is 1.27 bits per heavy atom. The van der Waals surface area contributed by atoms with Crippen molar-refractivity contribution >= 4 is 29.3 Å². The zero-order valence-corrected chi connectivity index (χ0v) is 12.0. The third-order valence-corrected chi connectivity index (χ3v) is 3.44. The van der Waals surface area contributed by atoms with Crippen LogP contribution in [0.5, 0.6) is 0 Å². The SMILES string of the molecule is O=C(C=Cc1ccco1)Nc1cccc(N2CCCC2=O)c1. The fourth-order valence-electron chi connectivity index (χ4n) is 2.40. The van der Waals surface area contributed by atoms with Crippen molar-refractivity contribution in [2.24, 2.45) is 0 Å². The number of carbonyl (C=O) groups is 2. The van der Waals surface area contributed by atoms with E-state index < -0.39 is 0 Å². The first-order chi connectivity index (χ1) is 10.7.